The molecule has 0 saturated carbocycles. The summed E-state index contributed by atoms with van der Waals surface area (Å²) in [5.74, 6) is -0.00459. The second kappa shape index (κ2) is 5.54. The molecule has 4 heteroatoms. The summed E-state index contributed by atoms with van der Waals surface area (Å²) in [6, 6.07) is 17.2. The third-order valence-corrected chi connectivity index (χ3v) is 4.72. The van der Waals surface area contributed by atoms with Gasteiger partial charge in [-0.25, -0.2) is 0 Å². The maximum absolute atomic E-state index is 13.3. The van der Waals surface area contributed by atoms with Crippen molar-refractivity contribution in [1.82, 2.24) is 4.90 Å². The van der Waals surface area contributed by atoms with E-state index in [1.54, 1.807) is 17.0 Å². The summed E-state index contributed by atoms with van der Waals surface area (Å²) >= 11 is 0. The van der Waals surface area contributed by atoms with Gasteiger partial charge in [0, 0.05) is 24.9 Å². The van der Waals surface area contributed by atoms with Crippen molar-refractivity contribution in [2.45, 2.75) is 12.8 Å². The first-order chi connectivity index (χ1) is 11.7. The minimum atomic E-state index is -0.00459. The van der Waals surface area contributed by atoms with E-state index in [1.165, 1.54) is 0 Å². The number of likely N-dealkylation sites (tertiary alicyclic amines) is 1. The van der Waals surface area contributed by atoms with Crippen LogP contribution >= 0.6 is 0 Å². The van der Waals surface area contributed by atoms with E-state index < -0.39 is 0 Å². The highest BCUT2D eigenvalue weighted by atomic mass is 16.2. The van der Waals surface area contributed by atoms with E-state index >= 15 is 0 Å². The second-order valence-corrected chi connectivity index (χ2v) is 6.17. The van der Waals surface area contributed by atoms with Gasteiger partial charge in [0.1, 0.15) is 0 Å². The average molecular weight is 315 g/mol. The van der Waals surface area contributed by atoms with Gasteiger partial charge in [-0.1, -0.05) is 24.3 Å². The molecule has 0 spiro atoms. The van der Waals surface area contributed by atoms with Crippen molar-refractivity contribution in [2.75, 3.05) is 18.5 Å². The zero-order chi connectivity index (χ0) is 16.7. The molecule has 1 amide bonds. The number of carbonyl (C=O) groups is 1. The van der Waals surface area contributed by atoms with Crippen molar-refractivity contribution in [1.29, 1.82) is 5.26 Å². The van der Waals surface area contributed by atoms with E-state index in [4.69, 9.17) is 5.26 Å². The number of amides is 1. The molecule has 2 aromatic carbocycles. The van der Waals surface area contributed by atoms with Crippen LogP contribution in [-0.2, 0) is 4.79 Å². The largest absolute Gasteiger partial charge is 0.377 e. The number of para-hydroxylation sites is 1. The lowest BCUT2D eigenvalue weighted by Gasteiger charge is -2.18. The molecule has 0 N–H and O–H groups in total. The molecule has 4 rings (SSSR count). The molecule has 0 unspecified atom stereocenters. The summed E-state index contributed by atoms with van der Waals surface area (Å²) in [5, 5.41) is 9.16. The van der Waals surface area contributed by atoms with Gasteiger partial charge in [-0.15, -0.1) is 0 Å². The Morgan fingerprint density at radius 2 is 1.96 bits per heavy atom. The van der Waals surface area contributed by atoms with E-state index in [1.807, 2.05) is 43.4 Å². The molecular weight excluding hydrogens is 298 g/mol. The van der Waals surface area contributed by atoms with Crippen LogP contribution < -0.4 is 4.90 Å². The fraction of sp³-hybridized carbons (Fsp3) is 0.200. The van der Waals surface area contributed by atoms with E-state index in [0.29, 0.717) is 5.56 Å². The van der Waals surface area contributed by atoms with Gasteiger partial charge in [-0.2, -0.15) is 5.26 Å². The molecule has 2 aliphatic heterocycles. The Morgan fingerprint density at radius 1 is 1.12 bits per heavy atom. The van der Waals surface area contributed by atoms with Crippen molar-refractivity contribution in [3.05, 3.63) is 65.4 Å². The van der Waals surface area contributed by atoms with E-state index in [0.717, 1.165) is 47.6 Å². The number of allylic oxidation sites excluding steroid dienone is 1. The number of carbonyl (C=O) groups excluding carboxylic acids is 1. The summed E-state index contributed by atoms with van der Waals surface area (Å²) in [6.07, 6.45) is 2.01. The van der Waals surface area contributed by atoms with Crippen LogP contribution in [0.15, 0.2) is 54.2 Å². The molecule has 0 bridgehead atoms. The fourth-order valence-electron chi connectivity index (χ4n) is 3.59. The predicted molar refractivity (Wildman–Crippen MR) is 93.5 cm³/mol. The normalized spacial score (nSPS) is 19.6. The van der Waals surface area contributed by atoms with Crippen LogP contribution in [0.3, 0.4) is 0 Å². The van der Waals surface area contributed by atoms with E-state index in [-0.39, 0.29) is 5.91 Å². The molecule has 0 atom stereocenters. The number of anilines is 2. The Bertz CT molecular complexity index is 907. The molecule has 1 fully saturated rings. The second-order valence-electron chi connectivity index (χ2n) is 6.17. The number of hydrogen-bond donors (Lipinski definition) is 0. The molecule has 0 aliphatic carbocycles. The molecule has 24 heavy (non-hydrogen) atoms. The molecule has 118 valence electrons. The quantitative estimate of drug-likeness (QED) is 0.754. The number of rotatable bonds is 1. The summed E-state index contributed by atoms with van der Waals surface area (Å²) in [6.45, 7) is 0.984. The Labute approximate surface area is 141 Å². The van der Waals surface area contributed by atoms with Crippen molar-refractivity contribution in [3.8, 4) is 6.07 Å². The summed E-state index contributed by atoms with van der Waals surface area (Å²) in [7, 11) is 2.05. The van der Waals surface area contributed by atoms with Crippen molar-refractivity contribution in [3.63, 3.8) is 0 Å². The maximum atomic E-state index is 13.3. The van der Waals surface area contributed by atoms with E-state index in [9.17, 15) is 4.79 Å². The standard InChI is InChI=1S/C20H17N3O/c1-22-11-5-10-18(22)19-16-8-2-3-9-17(16)23(20(19)24)15-7-4-6-14(12-15)13-21/h2-4,6-9,12H,5,10-11H2,1H3/b19-18-. The lowest BCUT2D eigenvalue weighted by Crippen LogP contribution is -2.22. The lowest BCUT2D eigenvalue weighted by atomic mass is 10.0. The van der Waals surface area contributed by atoms with Gasteiger partial charge in [0.2, 0.25) is 0 Å². The fourth-order valence-corrected chi connectivity index (χ4v) is 3.59. The van der Waals surface area contributed by atoms with Gasteiger partial charge < -0.3 is 4.90 Å². The topological polar surface area (TPSA) is 47.3 Å². The van der Waals surface area contributed by atoms with Crippen molar-refractivity contribution >= 4 is 22.9 Å². The molecule has 2 aliphatic rings. The first-order valence-electron chi connectivity index (χ1n) is 8.09. The van der Waals surface area contributed by atoms with Gasteiger partial charge in [0.15, 0.2) is 0 Å². The van der Waals surface area contributed by atoms with Crippen LogP contribution in [-0.4, -0.2) is 24.4 Å². The Balaban J connectivity index is 1.92. The smallest absolute Gasteiger partial charge is 0.265 e. The van der Waals surface area contributed by atoms with Crippen molar-refractivity contribution in [2.24, 2.45) is 0 Å². The number of nitriles is 1. The summed E-state index contributed by atoms with van der Waals surface area (Å²) in [5.41, 5.74) is 5.08. The van der Waals surface area contributed by atoms with Crippen LogP contribution in [0.25, 0.3) is 5.57 Å². The molecule has 2 aromatic rings. The highest BCUT2D eigenvalue weighted by Crippen LogP contribution is 2.44. The SMILES string of the molecule is CN1CCC/C1=C1/C(=O)N(c2cccc(C#N)c2)c2ccccc21. The number of fused-ring (bicyclic) bond motifs is 1. The molecular formula is C20H17N3O. The molecule has 0 radical (unpaired) electrons. The zero-order valence-electron chi connectivity index (χ0n) is 13.5. The monoisotopic (exact) mass is 315 g/mol. The van der Waals surface area contributed by atoms with Gasteiger partial charge in [-0.05, 0) is 37.1 Å². The van der Waals surface area contributed by atoms with Crippen LogP contribution in [0.2, 0.25) is 0 Å². The summed E-state index contributed by atoms with van der Waals surface area (Å²) in [4.78, 5) is 17.2. The highest BCUT2D eigenvalue weighted by Gasteiger charge is 2.37. The van der Waals surface area contributed by atoms with Gasteiger partial charge in [0.05, 0.1) is 28.6 Å². The molecule has 2 heterocycles. The molecule has 0 aromatic heterocycles. The zero-order valence-corrected chi connectivity index (χ0v) is 13.5. The van der Waals surface area contributed by atoms with E-state index in [2.05, 4.69) is 11.0 Å². The van der Waals surface area contributed by atoms with Crippen LogP contribution in [0.4, 0.5) is 11.4 Å². The third kappa shape index (κ3) is 2.10. The Hall–Kier alpha value is -3.06. The van der Waals surface area contributed by atoms with Crippen LogP contribution in [0, 0.1) is 11.3 Å². The van der Waals surface area contributed by atoms with Crippen LogP contribution in [0.5, 0.6) is 0 Å². The van der Waals surface area contributed by atoms with Crippen molar-refractivity contribution < 1.29 is 4.79 Å². The Kier molecular flexibility index (Phi) is 3.35. The van der Waals surface area contributed by atoms with Gasteiger partial charge in [-0.3, -0.25) is 9.69 Å². The number of benzene rings is 2. The predicted octanol–water partition coefficient (Wildman–Crippen LogP) is 3.67. The molecule has 1 saturated heterocycles. The summed E-state index contributed by atoms with van der Waals surface area (Å²) < 4.78 is 0. The highest BCUT2D eigenvalue weighted by molar-refractivity contribution is 6.35. The number of nitrogens with zero attached hydrogens (tertiary/aromatic N) is 3. The maximum Gasteiger partial charge on any atom is 0.265 e. The first kappa shape index (κ1) is 14.5. The van der Waals surface area contributed by atoms with Gasteiger partial charge >= 0.3 is 0 Å². The minimum Gasteiger partial charge on any atom is -0.377 e. The third-order valence-electron chi connectivity index (χ3n) is 4.72. The molecule has 4 nitrogen and oxygen atoms in total. The number of hydrogen-bond acceptors (Lipinski definition) is 3. The minimum absolute atomic E-state index is 0.00459. The lowest BCUT2D eigenvalue weighted by molar-refractivity contribution is -0.112. The van der Waals surface area contributed by atoms with Crippen LogP contribution in [0.1, 0.15) is 24.0 Å². The Morgan fingerprint density at radius 3 is 2.71 bits per heavy atom. The first-order valence-corrected chi connectivity index (χ1v) is 8.09. The average Bonchev–Trinajstić information content (AvgIpc) is 3.14. The van der Waals surface area contributed by atoms with Gasteiger partial charge in [0.25, 0.3) is 5.91 Å².